The largest absolute Gasteiger partial charge is 0.489 e. The second-order valence-electron chi connectivity index (χ2n) is 8.37. The molecule has 28 heavy (non-hydrogen) atoms. The van der Waals surface area contributed by atoms with Crippen LogP contribution in [0.1, 0.15) is 67.5 Å². The number of hydrogen-bond acceptors (Lipinski definition) is 4. The van der Waals surface area contributed by atoms with Crippen molar-refractivity contribution in [1.82, 2.24) is 10.3 Å². The number of carbonyl (C=O) groups excluding carboxylic acids is 2. The first-order valence-corrected chi connectivity index (χ1v) is 9.89. The number of nitrogens with one attached hydrogen (secondary N) is 1. The third-order valence-corrected chi connectivity index (χ3v) is 6.08. The smallest absolute Gasteiger partial charge is 0.233 e. The van der Waals surface area contributed by atoms with Gasteiger partial charge in [-0.05, 0) is 43.7 Å². The molecule has 1 aliphatic carbocycles. The van der Waals surface area contributed by atoms with Crippen LogP contribution in [0, 0.1) is 12.3 Å². The van der Waals surface area contributed by atoms with E-state index in [-0.39, 0.29) is 24.2 Å². The van der Waals surface area contributed by atoms with Gasteiger partial charge in [-0.1, -0.05) is 31.2 Å². The number of pyridine rings is 1. The zero-order valence-corrected chi connectivity index (χ0v) is 16.6. The summed E-state index contributed by atoms with van der Waals surface area (Å²) in [5.74, 6) is 1.04. The van der Waals surface area contributed by atoms with Crippen molar-refractivity contribution >= 4 is 11.8 Å². The molecule has 5 heteroatoms. The summed E-state index contributed by atoms with van der Waals surface area (Å²) in [5, 5.41) is 2.43. The average molecular weight is 378 g/mol. The lowest BCUT2D eigenvalue weighted by atomic mass is 9.73. The Hall–Kier alpha value is -2.69. The van der Waals surface area contributed by atoms with Crippen LogP contribution >= 0.6 is 0 Å². The van der Waals surface area contributed by atoms with E-state index in [1.54, 1.807) is 0 Å². The van der Waals surface area contributed by atoms with E-state index >= 15 is 0 Å². The molecule has 0 bridgehead atoms. The maximum atomic E-state index is 12.2. The van der Waals surface area contributed by atoms with Gasteiger partial charge in [-0.25, -0.2) is 0 Å². The summed E-state index contributed by atoms with van der Waals surface area (Å²) < 4.78 is 5.99. The van der Waals surface area contributed by atoms with Gasteiger partial charge in [-0.3, -0.25) is 19.9 Å². The monoisotopic (exact) mass is 378 g/mol. The predicted molar refractivity (Wildman–Crippen MR) is 106 cm³/mol. The number of benzene rings is 1. The quantitative estimate of drug-likeness (QED) is 0.772. The van der Waals surface area contributed by atoms with Gasteiger partial charge in [0.25, 0.3) is 0 Å². The average Bonchev–Trinajstić information content (AvgIpc) is 3.47. The third kappa shape index (κ3) is 3.66. The van der Waals surface area contributed by atoms with Crippen LogP contribution in [0.3, 0.4) is 0 Å². The van der Waals surface area contributed by atoms with Crippen LogP contribution in [0.4, 0.5) is 0 Å². The molecule has 2 amide bonds. The molecule has 0 radical (unpaired) electrons. The number of amides is 2. The van der Waals surface area contributed by atoms with Crippen molar-refractivity contribution in [2.75, 3.05) is 0 Å². The van der Waals surface area contributed by atoms with Gasteiger partial charge in [0.2, 0.25) is 11.8 Å². The molecule has 4 rings (SSSR count). The first-order chi connectivity index (χ1) is 13.3. The van der Waals surface area contributed by atoms with Crippen LogP contribution in [0.25, 0.3) is 0 Å². The number of carbonyl (C=O) groups is 2. The molecule has 2 aliphatic rings. The topological polar surface area (TPSA) is 68.3 Å². The number of ether oxygens (including phenoxy) is 1. The highest BCUT2D eigenvalue weighted by Crippen LogP contribution is 2.42. The summed E-state index contributed by atoms with van der Waals surface area (Å²) in [6.07, 6.45) is 2.68. The van der Waals surface area contributed by atoms with E-state index in [0.29, 0.717) is 12.5 Å². The summed E-state index contributed by atoms with van der Waals surface area (Å²) in [7, 11) is 0. The Kier molecular flexibility index (Phi) is 4.69. The van der Waals surface area contributed by atoms with Crippen LogP contribution in [0.5, 0.6) is 5.75 Å². The molecular weight excluding hydrogens is 352 g/mol. The lowest BCUT2D eigenvalue weighted by molar-refractivity contribution is -0.128. The second-order valence-corrected chi connectivity index (χ2v) is 8.37. The zero-order chi connectivity index (χ0) is 19.9. The zero-order valence-electron chi connectivity index (χ0n) is 16.6. The Morgan fingerprint density at radius 3 is 2.54 bits per heavy atom. The number of nitrogens with zero attached hydrogens (tertiary/aromatic N) is 1. The summed E-state index contributed by atoms with van der Waals surface area (Å²) in [4.78, 5) is 28.4. The molecule has 1 N–H and O–H groups in total. The predicted octanol–water partition coefficient (Wildman–Crippen LogP) is 4.00. The van der Waals surface area contributed by atoms with Gasteiger partial charge < -0.3 is 4.74 Å². The van der Waals surface area contributed by atoms with Crippen molar-refractivity contribution in [3.8, 4) is 5.75 Å². The first kappa shape index (κ1) is 18.7. The molecule has 1 unspecified atom stereocenters. The van der Waals surface area contributed by atoms with Crippen LogP contribution < -0.4 is 10.1 Å². The fourth-order valence-corrected chi connectivity index (χ4v) is 3.85. The molecular formula is C23H26N2O3. The highest BCUT2D eigenvalue weighted by Gasteiger charge is 2.46. The Bertz CT molecular complexity index is 918. The fraction of sp³-hybridized carbons (Fsp3) is 0.435. The number of rotatable bonds is 6. The van der Waals surface area contributed by atoms with E-state index in [0.717, 1.165) is 28.3 Å². The minimum Gasteiger partial charge on any atom is -0.489 e. The standard InChI is InChI=1S/C23H26N2O3/c1-14-10-19(11-20(24-14)18-8-9-18)28-13-16-4-6-17(7-5-16)15(2)23(3)12-21(26)25-22(23)27/h4-7,10-11,15,18H,8-9,12-13H2,1-3H3,(H,25,26,27)/t15-,23?/m1/s1. The van der Waals surface area contributed by atoms with Gasteiger partial charge in [-0.15, -0.1) is 0 Å². The van der Waals surface area contributed by atoms with Crippen LogP contribution in [-0.2, 0) is 16.2 Å². The molecule has 1 saturated carbocycles. The minimum atomic E-state index is -0.692. The molecule has 2 aromatic rings. The van der Waals surface area contributed by atoms with Crippen molar-refractivity contribution < 1.29 is 14.3 Å². The molecule has 2 atom stereocenters. The van der Waals surface area contributed by atoms with Gasteiger partial charge >= 0.3 is 0 Å². The van der Waals surface area contributed by atoms with Crippen LogP contribution in [-0.4, -0.2) is 16.8 Å². The molecule has 1 aromatic heterocycles. The molecule has 0 spiro atoms. The van der Waals surface area contributed by atoms with Gasteiger partial charge in [0, 0.05) is 35.9 Å². The van der Waals surface area contributed by atoms with Gasteiger partial charge in [0.15, 0.2) is 0 Å². The van der Waals surface area contributed by atoms with Crippen molar-refractivity contribution in [3.05, 3.63) is 58.9 Å². The Labute approximate surface area is 165 Å². The van der Waals surface area contributed by atoms with Crippen molar-refractivity contribution in [2.24, 2.45) is 5.41 Å². The normalized spacial score (nSPS) is 22.8. The summed E-state index contributed by atoms with van der Waals surface area (Å²) in [6, 6.07) is 12.1. The van der Waals surface area contributed by atoms with Crippen LogP contribution in [0.15, 0.2) is 36.4 Å². The van der Waals surface area contributed by atoms with E-state index in [9.17, 15) is 9.59 Å². The van der Waals surface area contributed by atoms with E-state index in [1.165, 1.54) is 12.8 Å². The van der Waals surface area contributed by atoms with Crippen molar-refractivity contribution in [3.63, 3.8) is 0 Å². The molecule has 2 heterocycles. The van der Waals surface area contributed by atoms with Crippen molar-refractivity contribution in [2.45, 2.75) is 58.5 Å². The molecule has 1 aliphatic heterocycles. The van der Waals surface area contributed by atoms with Gasteiger partial charge in [0.1, 0.15) is 12.4 Å². The second kappa shape index (κ2) is 7.04. The Morgan fingerprint density at radius 2 is 1.93 bits per heavy atom. The molecule has 2 fully saturated rings. The maximum absolute atomic E-state index is 12.2. The highest BCUT2D eigenvalue weighted by molar-refractivity contribution is 6.06. The van der Waals surface area contributed by atoms with E-state index < -0.39 is 5.41 Å². The van der Waals surface area contributed by atoms with E-state index in [4.69, 9.17) is 4.74 Å². The van der Waals surface area contributed by atoms with Gasteiger partial charge in [-0.2, -0.15) is 0 Å². The SMILES string of the molecule is Cc1cc(OCc2ccc([C@@H](C)C3(C)CC(=O)NC3=O)cc2)cc(C2CC2)n1. The Morgan fingerprint density at radius 1 is 1.21 bits per heavy atom. The van der Waals surface area contributed by atoms with Crippen molar-refractivity contribution in [1.29, 1.82) is 0 Å². The Balaban J connectivity index is 1.42. The van der Waals surface area contributed by atoms with E-state index in [1.807, 2.05) is 51.1 Å². The summed E-state index contributed by atoms with van der Waals surface area (Å²) in [5.41, 5.74) is 3.54. The lowest BCUT2D eigenvalue weighted by Crippen LogP contribution is -2.33. The molecule has 5 nitrogen and oxygen atoms in total. The lowest BCUT2D eigenvalue weighted by Gasteiger charge is -2.28. The van der Waals surface area contributed by atoms with Crippen LogP contribution in [0.2, 0.25) is 0 Å². The number of hydrogen-bond donors (Lipinski definition) is 1. The minimum absolute atomic E-state index is 0.0436. The highest BCUT2D eigenvalue weighted by atomic mass is 16.5. The fourth-order valence-electron chi connectivity index (χ4n) is 3.85. The van der Waals surface area contributed by atoms with Gasteiger partial charge in [0.05, 0.1) is 5.41 Å². The molecule has 146 valence electrons. The first-order valence-electron chi connectivity index (χ1n) is 9.89. The third-order valence-electron chi connectivity index (χ3n) is 6.08. The number of aromatic nitrogens is 1. The summed E-state index contributed by atoms with van der Waals surface area (Å²) >= 11 is 0. The molecule has 1 saturated heterocycles. The maximum Gasteiger partial charge on any atom is 0.233 e. The number of aryl methyl sites for hydroxylation is 1. The summed E-state index contributed by atoms with van der Waals surface area (Å²) in [6.45, 7) is 6.35. The number of imide groups is 1. The molecule has 1 aromatic carbocycles. The van der Waals surface area contributed by atoms with E-state index in [2.05, 4.69) is 16.4 Å².